The topological polar surface area (TPSA) is 52.6 Å². The number of carbonyl (C=O) groups excluding carboxylic acids is 1. The maximum atomic E-state index is 12.7. The Morgan fingerprint density at radius 3 is 2.50 bits per heavy atom. The van der Waals surface area contributed by atoms with Gasteiger partial charge in [-0.2, -0.15) is 0 Å². The third-order valence-electron chi connectivity index (χ3n) is 4.46. The van der Waals surface area contributed by atoms with Gasteiger partial charge in [0.25, 0.3) is 5.91 Å². The van der Waals surface area contributed by atoms with Gasteiger partial charge in [0.15, 0.2) is 0 Å². The first-order valence-corrected chi connectivity index (χ1v) is 8.31. The van der Waals surface area contributed by atoms with Gasteiger partial charge < -0.3 is 14.7 Å². The summed E-state index contributed by atoms with van der Waals surface area (Å²) in [7, 11) is 1.76. The molecule has 0 aliphatic carbocycles. The molecule has 0 atom stereocenters. The number of likely N-dealkylation sites (N-methyl/N-ethyl adjacent to an activating group) is 1. The highest BCUT2D eigenvalue weighted by Crippen LogP contribution is 2.17. The zero-order chi connectivity index (χ0) is 16.9. The zero-order valence-corrected chi connectivity index (χ0v) is 14.2. The van der Waals surface area contributed by atoms with Crippen LogP contribution >= 0.6 is 0 Å². The molecule has 1 aliphatic rings. The number of para-hydroxylation sites is 1. The van der Waals surface area contributed by atoms with Crippen molar-refractivity contribution in [1.82, 2.24) is 14.9 Å². The number of nitrogens with zero attached hydrogens (tertiary/aromatic N) is 5. The van der Waals surface area contributed by atoms with Gasteiger partial charge in [-0.3, -0.25) is 4.79 Å². The summed E-state index contributed by atoms with van der Waals surface area (Å²) in [5.74, 6) is 0.697. The molecule has 1 amide bonds. The third kappa shape index (κ3) is 3.54. The number of amides is 1. The SMILES string of the molecule is CCN1CCN(c2cc(C(=O)N(C)c3ccccc3)ncn2)CC1. The second-order valence-electron chi connectivity index (χ2n) is 5.88. The van der Waals surface area contributed by atoms with Crippen LogP contribution in [-0.4, -0.2) is 60.5 Å². The normalized spacial score (nSPS) is 15.3. The second kappa shape index (κ2) is 7.40. The van der Waals surface area contributed by atoms with Crippen LogP contribution in [0.1, 0.15) is 17.4 Å². The van der Waals surface area contributed by atoms with Gasteiger partial charge >= 0.3 is 0 Å². The lowest BCUT2D eigenvalue weighted by Crippen LogP contribution is -2.46. The van der Waals surface area contributed by atoms with Gasteiger partial charge in [-0.15, -0.1) is 0 Å². The van der Waals surface area contributed by atoms with Crippen LogP contribution in [0.4, 0.5) is 11.5 Å². The lowest BCUT2D eigenvalue weighted by Gasteiger charge is -2.34. The minimum absolute atomic E-state index is 0.128. The van der Waals surface area contributed by atoms with Crippen LogP contribution in [0.5, 0.6) is 0 Å². The van der Waals surface area contributed by atoms with Crippen molar-refractivity contribution >= 4 is 17.4 Å². The lowest BCUT2D eigenvalue weighted by atomic mass is 10.2. The fourth-order valence-electron chi connectivity index (χ4n) is 2.87. The largest absolute Gasteiger partial charge is 0.354 e. The number of anilines is 2. The monoisotopic (exact) mass is 325 g/mol. The maximum Gasteiger partial charge on any atom is 0.276 e. The molecule has 3 rings (SSSR count). The summed E-state index contributed by atoms with van der Waals surface area (Å²) in [6.45, 7) is 7.14. The van der Waals surface area contributed by atoms with Crippen LogP contribution < -0.4 is 9.80 Å². The molecule has 1 aliphatic heterocycles. The van der Waals surface area contributed by atoms with Gasteiger partial charge in [-0.1, -0.05) is 25.1 Å². The van der Waals surface area contributed by atoms with Crippen molar-refractivity contribution in [2.24, 2.45) is 0 Å². The molecule has 0 unspecified atom stereocenters. The Morgan fingerprint density at radius 2 is 1.83 bits per heavy atom. The quantitative estimate of drug-likeness (QED) is 0.859. The first kappa shape index (κ1) is 16.4. The van der Waals surface area contributed by atoms with Crippen LogP contribution in [0.3, 0.4) is 0 Å². The van der Waals surface area contributed by atoms with Crippen LogP contribution in [0, 0.1) is 0 Å². The molecule has 2 aromatic rings. The summed E-state index contributed by atoms with van der Waals surface area (Å²) in [6, 6.07) is 11.4. The molecule has 0 saturated carbocycles. The van der Waals surface area contributed by atoms with Crippen molar-refractivity contribution in [2.45, 2.75) is 6.92 Å². The van der Waals surface area contributed by atoms with Gasteiger partial charge in [-0.05, 0) is 18.7 Å². The summed E-state index contributed by atoms with van der Waals surface area (Å²) in [5.41, 5.74) is 1.27. The number of hydrogen-bond acceptors (Lipinski definition) is 5. The molecular weight excluding hydrogens is 302 g/mol. The van der Waals surface area contributed by atoms with E-state index in [1.54, 1.807) is 18.0 Å². The number of aromatic nitrogens is 2. The molecule has 0 spiro atoms. The Hall–Kier alpha value is -2.47. The van der Waals surface area contributed by atoms with E-state index in [2.05, 4.69) is 26.7 Å². The van der Waals surface area contributed by atoms with Crippen molar-refractivity contribution in [2.75, 3.05) is 49.6 Å². The number of hydrogen-bond donors (Lipinski definition) is 0. The van der Waals surface area contributed by atoms with Crippen molar-refractivity contribution in [1.29, 1.82) is 0 Å². The minimum Gasteiger partial charge on any atom is -0.354 e. The molecule has 1 aromatic heterocycles. The van der Waals surface area contributed by atoms with E-state index in [1.165, 1.54) is 6.33 Å². The second-order valence-corrected chi connectivity index (χ2v) is 5.88. The lowest BCUT2D eigenvalue weighted by molar-refractivity contribution is 0.0988. The van der Waals surface area contributed by atoms with Gasteiger partial charge in [0.05, 0.1) is 0 Å². The maximum absolute atomic E-state index is 12.7. The highest BCUT2D eigenvalue weighted by Gasteiger charge is 2.20. The molecule has 0 bridgehead atoms. The van der Waals surface area contributed by atoms with E-state index in [0.29, 0.717) is 5.69 Å². The first-order valence-electron chi connectivity index (χ1n) is 8.31. The molecule has 6 heteroatoms. The Bertz CT molecular complexity index is 683. The van der Waals surface area contributed by atoms with Crippen LogP contribution in [-0.2, 0) is 0 Å². The Kier molecular flexibility index (Phi) is 5.05. The zero-order valence-electron chi connectivity index (χ0n) is 14.2. The molecule has 126 valence electrons. The van der Waals surface area contributed by atoms with E-state index in [-0.39, 0.29) is 5.91 Å². The van der Waals surface area contributed by atoms with E-state index in [4.69, 9.17) is 0 Å². The van der Waals surface area contributed by atoms with Crippen molar-refractivity contribution in [3.63, 3.8) is 0 Å². The predicted molar refractivity (Wildman–Crippen MR) is 95.5 cm³/mol. The highest BCUT2D eigenvalue weighted by molar-refractivity contribution is 6.04. The van der Waals surface area contributed by atoms with E-state index >= 15 is 0 Å². The van der Waals surface area contributed by atoms with Crippen molar-refractivity contribution in [3.05, 3.63) is 48.4 Å². The smallest absolute Gasteiger partial charge is 0.276 e. The first-order chi connectivity index (χ1) is 11.7. The summed E-state index contributed by atoms with van der Waals surface area (Å²) in [4.78, 5) is 27.5. The van der Waals surface area contributed by atoms with Crippen molar-refractivity contribution < 1.29 is 4.79 Å². The van der Waals surface area contributed by atoms with E-state index in [1.807, 2.05) is 30.3 Å². The number of benzene rings is 1. The fourth-order valence-corrected chi connectivity index (χ4v) is 2.87. The van der Waals surface area contributed by atoms with Gasteiger partial charge in [0, 0.05) is 45.0 Å². The molecule has 24 heavy (non-hydrogen) atoms. The van der Waals surface area contributed by atoms with Crippen LogP contribution in [0.15, 0.2) is 42.7 Å². The Morgan fingerprint density at radius 1 is 1.12 bits per heavy atom. The third-order valence-corrected chi connectivity index (χ3v) is 4.46. The summed E-state index contributed by atoms with van der Waals surface area (Å²) in [5, 5.41) is 0. The van der Waals surface area contributed by atoms with Crippen molar-refractivity contribution in [3.8, 4) is 0 Å². The van der Waals surface area contributed by atoms with Crippen LogP contribution in [0.2, 0.25) is 0 Å². The van der Waals surface area contributed by atoms with E-state index < -0.39 is 0 Å². The van der Waals surface area contributed by atoms with Gasteiger partial charge in [0.1, 0.15) is 17.8 Å². The number of rotatable bonds is 4. The molecule has 2 heterocycles. The van der Waals surface area contributed by atoms with Gasteiger partial charge in [0.2, 0.25) is 0 Å². The molecule has 0 N–H and O–H groups in total. The summed E-state index contributed by atoms with van der Waals surface area (Å²) in [6.07, 6.45) is 1.48. The minimum atomic E-state index is -0.128. The molecule has 6 nitrogen and oxygen atoms in total. The Balaban J connectivity index is 1.74. The molecule has 1 fully saturated rings. The summed E-state index contributed by atoms with van der Waals surface area (Å²) < 4.78 is 0. The predicted octanol–water partition coefficient (Wildman–Crippen LogP) is 1.90. The number of piperazine rings is 1. The molecule has 1 aromatic carbocycles. The van der Waals surface area contributed by atoms with E-state index in [9.17, 15) is 4.79 Å². The average Bonchev–Trinajstić information content (AvgIpc) is 2.67. The average molecular weight is 325 g/mol. The Labute approximate surface area is 142 Å². The standard InChI is InChI=1S/C18H23N5O/c1-3-22-9-11-23(12-10-22)17-13-16(19-14-20-17)18(24)21(2)15-7-5-4-6-8-15/h4-8,13-14H,3,9-12H2,1-2H3. The molecule has 0 radical (unpaired) electrons. The highest BCUT2D eigenvalue weighted by atomic mass is 16.2. The molecular formula is C18H23N5O. The van der Waals surface area contributed by atoms with E-state index in [0.717, 1.165) is 44.2 Å². The number of carbonyl (C=O) groups is 1. The van der Waals surface area contributed by atoms with Crippen LogP contribution in [0.25, 0.3) is 0 Å². The van der Waals surface area contributed by atoms with Gasteiger partial charge in [-0.25, -0.2) is 9.97 Å². The molecule has 1 saturated heterocycles. The summed E-state index contributed by atoms with van der Waals surface area (Å²) >= 11 is 0. The fraction of sp³-hybridized carbons (Fsp3) is 0.389.